The van der Waals surface area contributed by atoms with Crippen LogP contribution in [0.25, 0.3) is 0 Å². The Labute approximate surface area is 65.0 Å². The van der Waals surface area contributed by atoms with E-state index >= 15 is 0 Å². The lowest BCUT2D eigenvalue weighted by Crippen LogP contribution is -1.97. The van der Waals surface area contributed by atoms with E-state index in [1.807, 2.05) is 0 Å². The molecule has 0 unspecified atom stereocenters. The number of aromatic carboxylic acids is 1. The molecule has 0 spiro atoms. The highest BCUT2D eigenvalue weighted by Gasteiger charge is 2.02. The number of hydrogen-bond acceptors (Lipinski definition) is 3. The summed E-state index contributed by atoms with van der Waals surface area (Å²) in [5, 5.41) is 15.4. The van der Waals surface area contributed by atoms with Gasteiger partial charge in [0.05, 0.1) is 11.8 Å². The van der Waals surface area contributed by atoms with Gasteiger partial charge in [0.15, 0.2) is 0 Å². The molecule has 52 valence electrons. The number of nitrogens with zero attached hydrogens (tertiary/aromatic N) is 2. The Hall–Kier alpha value is -0.970. The first-order valence-corrected chi connectivity index (χ1v) is 3.21. The molecule has 0 aromatic carbocycles. The van der Waals surface area contributed by atoms with Crippen molar-refractivity contribution in [2.24, 2.45) is 0 Å². The van der Waals surface area contributed by atoms with Crippen molar-refractivity contribution in [2.75, 3.05) is 0 Å². The van der Waals surface area contributed by atoms with Crippen molar-refractivity contribution in [3.63, 3.8) is 0 Å². The van der Waals surface area contributed by atoms with Crippen LogP contribution in [-0.2, 0) is 0 Å². The third kappa shape index (κ3) is 1.51. The maximum absolute atomic E-state index is 10.3. The van der Waals surface area contributed by atoms with Crippen LogP contribution in [0.15, 0.2) is 16.9 Å². The van der Waals surface area contributed by atoms with Gasteiger partial charge < -0.3 is 5.11 Å². The van der Waals surface area contributed by atoms with Gasteiger partial charge in [0.2, 0.25) is 0 Å². The summed E-state index contributed by atoms with van der Waals surface area (Å²) in [6.45, 7) is 0. The Kier molecular flexibility index (Phi) is 1.96. The van der Waals surface area contributed by atoms with Crippen LogP contribution in [0.1, 0.15) is 10.4 Å². The van der Waals surface area contributed by atoms with Crippen molar-refractivity contribution in [3.05, 3.63) is 22.4 Å². The van der Waals surface area contributed by atoms with Crippen LogP contribution in [-0.4, -0.2) is 21.3 Å². The van der Waals surface area contributed by atoms with Crippen molar-refractivity contribution >= 4 is 21.9 Å². The van der Waals surface area contributed by atoms with E-state index in [1.54, 1.807) is 0 Å². The van der Waals surface area contributed by atoms with Crippen LogP contribution in [0.4, 0.5) is 0 Å². The van der Waals surface area contributed by atoms with Crippen LogP contribution in [0.5, 0.6) is 0 Å². The summed E-state index contributed by atoms with van der Waals surface area (Å²) in [4.78, 5) is 10.3. The Bertz CT molecular complexity index is 264. The van der Waals surface area contributed by atoms with Crippen LogP contribution in [0.3, 0.4) is 0 Å². The van der Waals surface area contributed by atoms with E-state index in [2.05, 4.69) is 26.1 Å². The SMILES string of the molecule is O=C(O)c1cnnc(Br)c1. The largest absolute Gasteiger partial charge is 0.478 e. The van der Waals surface area contributed by atoms with E-state index in [4.69, 9.17) is 5.11 Å². The minimum Gasteiger partial charge on any atom is -0.478 e. The number of aromatic nitrogens is 2. The second kappa shape index (κ2) is 2.74. The van der Waals surface area contributed by atoms with Crippen LogP contribution >= 0.6 is 15.9 Å². The van der Waals surface area contributed by atoms with E-state index < -0.39 is 5.97 Å². The Morgan fingerprint density at radius 1 is 1.70 bits per heavy atom. The lowest BCUT2D eigenvalue weighted by Gasteiger charge is -1.90. The highest BCUT2D eigenvalue weighted by atomic mass is 79.9. The van der Waals surface area contributed by atoms with E-state index in [0.29, 0.717) is 4.60 Å². The van der Waals surface area contributed by atoms with Crippen molar-refractivity contribution in [1.82, 2.24) is 10.2 Å². The van der Waals surface area contributed by atoms with Gasteiger partial charge in [-0.05, 0) is 22.0 Å². The molecule has 4 nitrogen and oxygen atoms in total. The molecule has 0 amide bonds. The van der Waals surface area contributed by atoms with Gasteiger partial charge >= 0.3 is 5.97 Å². The summed E-state index contributed by atoms with van der Waals surface area (Å²) in [7, 11) is 0. The van der Waals surface area contributed by atoms with Gasteiger partial charge in [0, 0.05) is 0 Å². The van der Waals surface area contributed by atoms with Crippen molar-refractivity contribution in [2.45, 2.75) is 0 Å². The fourth-order valence-corrected chi connectivity index (χ4v) is 0.796. The zero-order valence-electron chi connectivity index (χ0n) is 4.78. The molecular weight excluding hydrogens is 200 g/mol. The third-order valence-corrected chi connectivity index (χ3v) is 1.26. The lowest BCUT2D eigenvalue weighted by atomic mass is 10.3. The average Bonchev–Trinajstić information content (AvgIpc) is 1.88. The number of halogens is 1. The molecule has 0 radical (unpaired) electrons. The quantitative estimate of drug-likeness (QED) is 0.737. The van der Waals surface area contributed by atoms with Crippen molar-refractivity contribution in [1.29, 1.82) is 0 Å². The van der Waals surface area contributed by atoms with Crippen molar-refractivity contribution in [3.8, 4) is 0 Å². The first kappa shape index (κ1) is 7.14. The zero-order chi connectivity index (χ0) is 7.56. The molecule has 0 atom stereocenters. The number of rotatable bonds is 1. The summed E-state index contributed by atoms with van der Waals surface area (Å²) in [5.41, 5.74) is 0.127. The maximum atomic E-state index is 10.3. The standard InChI is InChI=1S/C5H3BrN2O2/c6-4-1-3(5(9)10)2-7-8-4/h1-2H,(H,9,10). The van der Waals surface area contributed by atoms with Crippen LogP contribution in [0, 0.1) is 0 Å². The van der Waals surface area contributed by atoms with E-state index in [-0.39, 0.29) is 5.56 Å². The molecule has 0 bridgehead atoms. The summed E-state index contributed by atoms with van der Waals surface area (Å²) in [6.07, 6.45) is 1.19. The highest BCUT2D eigenvalue weighted by molar-refractivity contribution is 9.10. The van der Waals surface area contributed by atoms with Gasteiger partial charge in [0.1, 0.15) is 4.60 Å². The normalized spacial score (nSPS) is 9.30. The minimum absolute atomic E-state index is 0.127. The first-order chi connectivity index (χ1) is 4.70. The molecule has 1 aromatic heterocycles. The van der Waals surface area contributed by atoms with E-state index in [0.717, 1.165) is 0 Å². The smallest absolute Gasteiger partial charge is 0.337 e. The Balaban J connectivity index is 3.07. The number of carboxylic acid groups (broad SMARTS) is 1. The Morgan fingerprint density at radius 2 is 2.40 bits per heavy atom. The number of carbonyl (C=O) groups is 1. The van der Waals surface area contributed by atoms with Gasteiger partial charge in [-0.25, -0.2) is 4.79 Å². The number of carboxylic acids is 1. The molecule has 5 heteroatoms. The highest BCUT2D eigenvalue weighted by Crippen LogP contribution is 2.05. The fourth-order valence-electron chi connectivity index (χ4n) is 0.458. The molecule has 1 heterocycles. The molecule has 0 fully saturated rings. The molecule has 1 aromatic rings. The van der Waals surface area contributed by atoms with Crippen LogP contribution < -0.4 is 0 Å². The second-order valence-electron chi connectivity index (χ2n) is 1.57. The summed E-state index contributed by atoms with van der Waals surface area (Å²) in [5.74, 6) is -1.00. The molecule has 0 saturated heterocycles. The molecule has 0 aliphatic rings. The fraction of sp³-hybridized carbons (Fsp3) is 0. The first-order valence-electron chi connectivity index (χ1n) is 2.41. The van der Waals surface area contributed by atoms with Gasteiger partial charge in [-0.15, -0.1) is 5.10 Å². The predicted molar refractivity (Wildman–Crippen MR) is 36.7 cm³/mol. The second-order valence-corrected chi connectivity index (χ2v) is 2.38. The van der Waals surface area contributed by atoms with Crippen LogP contribution in [0.2, 0.25) is 0 Å². The summed E-state index contributed by atoms with van der Waals surface area (Å²) in [6, 6.07) is 1.38. The monoisotopic (exact) mass is 202 g/mol. The topological polar surface area (TPSA) is 63.1 Å². The van der Waals surface area contributed by atoms with E-state index in [1.165, 1.54) is 12.3 Å². The van der Waals surface area contributed by atoms with E-state index in [9.17, 15) is 4.79 Å². The van der Waals surface area contributed by atoms with Gasteiger partial charge in [-0.1, -0.05) is 0 Å². The third-order valence-electron chi connectivity index (χ3n) is 0.872. The van der Waals surface area contributed by atoms with Gasteiger partial charge in [-0.2, -0.15) is 5.10 Å². The van der Waals surface area contributed by atoms with Crippen molar-refractivity contribution < 1.29 is 9.90 Å². The molecule has 0 aliphatic heterocycles. The summed E-state index contributed by atoms with van der Waals surface area (Å²) >= 11 is 2.99. The molecule has 0 saturated carbocycles. The molecular formula is C5H3BrN2O2. The molecule has 1 N–H and O–H groups in total. The Morgan fingerprint density at radius 3 is 2.80 bits per heavy atom. The zero-order valence-corrected chi connectivity index (χ0v) is 6.37. The number of hydrogen-bond donors (Lipinski definition) is 1. The molecule has 1 rings (SSSR count). The minimum atomic E-state index is -1.00. The lowest BCUT2D eigenvalue weighted by molar-refractivity contribution is 0.0696. The predicted octanol–water partition coefficient (Wildman–Crippen LogP) is 0.937. The average molecular weight is 203 g/mol. The van der Waals surface area contributed by atoms with Gasteiger partial charge in [0.25, 0.3) is 0 Å². The van der Waals surface area contributed by atoms with Gasteiger partial charge in [-0.3, -0.25) is 0 Å². The summed E-state index contributed by atoms with van der Waals surface area (Å²) < 4.78 is 0.424. The molecule has 10 heavy (non-hydrogen) atoms. The molecule has 0 aliphatic carbocycles. The maximum Gasteiger partial charge on any atom is 0.337 e.